The van der Waals surface area contributed by atoms with Crippen molar-refractivity contribution < 1.29 is 4.39 Å². The number of hydrogen-bond acceptors (Lipinski definition) is 3. The van der Waals surface area contributed by atoms with Crippen LogP contribution in [0.15, 0.2) is 102 Å². The van der Waals surface area contributed by atoms with Gasteiger partial charge >= 0.3 is 0 Å². The average Bonchev–Trinajstić information content (AvgIpc) is 3.38. The predicted molar refractivity (Wildman–Crippen MR) is 159 cm³/mol. The molecule has 1 unspecified atom stereocenters. The van der Waals surface area contributed by atoms with Crippen molar-refractivity contribution in [1.82, 2.24) is 10.3 Å². The molecule has 0 fully saturated rings. The van der Waals surface area contributed by atoms with Crippen molar-refractivity contribution >= 4 is 16.9 Å². The van der Waals surface area contributed by atoms with Crippen LogP contribution in [-0.2, 0) is 12.8 Å². The highest BCUT2D eigenvalue weighted by Crippen LogP contribution is 2.36. The van der Waals surface area contributed by atoms with Gasteiger partial charge in [0.05, 0.1) is 5.69 Å². The van der Waals surface area contributed by atoms with E-state index in [2.05, 4.69) is 81.9 Å². The minimum atomic E-state index is -0.990. The Hall–Kier alpha value is -3.50. The molecular weight excluding hydrogens is 475 g/mol. The molecule has 0 spiro atoms. The number of aromatic nitrogens is 1. The van der Waals surface area contributed by atoms with E-state index >= 15 is 0 Å². The Morgan fingerprint density at radius 2 is 1.68 bits per heavy atom. The summed E-state index contributed by atoms with van der Waals surface area (Å²) in [5.74, 6) is 0. The number of nitrogens with one attached hydrogen (secondary N) is 1. The maximum absolute atomic E-state index is 13.7. The number of aryl methyl sites for hydroxylation is 2. The van der Waals surface area contributed by atoms with Crippen molar-refractivity contribution in [3.05, 3.63) is 130 Å². The zero-order chi connectivity index (χ0) is 26.9. The monoisotopic (exact) mass is 512 g/mol. The molecule has 3 rings (SSSR count). The van der Waals surface area contributed by atoms with E-state index in [1.807, 2.05) is 30.3 Å². The number of alkyl halides is 1. The van der Waals surface area contributed by atoms with Crippen molar-refractivity contribution in [3.63, 3.8) is 0 Å². The predicted octanol–water partition coefficient (Wildman–Crippen LogP) is 9.54. The first-order valence-corrected chi connectivity index (χ1v) is 13.6. The molecule has 0 aliphatic heterocycles. The van der Waals surface area contributed by atoms with Gasteiger partial charge in [0.1, 0.15) is 11.2 Å². The average molecular weight is 513 g/mol. The van der Waals surface area contributed by atoms with Crippen LogP contribution in [0, 0.1) is 0 Å². The number of rotatable bonds is 11. The third-order valence-corrected chi connectivity index (χ3v) is 7.07. The topological polar surface area (TPSA) is 24.9 Å². The van der Waals surface area contributed by atoms with Gasteiger partial charge in [-0.25, -0.2) is 9.37 Å². The smallest absolute Gasteiger partial charge is 0.124 e. The molecule has 0 aliphatic rings. The van der Waals surface area contributed by atoms with Gasteiger partial charge in [-0.05, 0) is 79.8 Å². The van der Waals surface area contributed by atoms with Crippen molar-refractivity contribution in [1.29, 1.82) is 0 Å². The molecule has 0 aliphatic carbocycles. The first-order valence-electron chi connectivity index (χ1n) is 12.7. The van der Waals surface area contributed by atoms with Gasteiger partial charge in [-0.15, -0.1) is 11.3 Å². The summed E-state index contributed by atoms with van der Waals surface area (Å²) in [6.45, 7) is 18.1. The molecule has 1 heterocycles. The minimum absolute atomic E-state index is 0.673. The fourth-order valence-electron chi connectivity index (χ4n) is 4.29. The Morgan fingerprint density at radius 1 is 1.03 bits per heavy atom. The van der Waals surface area contributed by atoms with Gasteiger partial charge in [0.15, 0.2) is 0 Å². The van der Waals surface area contributed by atoms with Crippen molar-refractivity contribution in [2.75, 3.05) is 0 Å². The van der Waals surface area contributed by atoms with Gasteiger partial charge in [0, 0.05) is 22.2 Å². The van der Waals surface area contributed by atoms with E-state index in [0.717, 1.165) is 45.9 Å². The molecule has 0 saturated carbocycles. The highest BCUT2D eigenvalue weighted by atomic mass is 32.1. The largest absolute Gasteiger partial charge is 0.362 e. The molecular formula is C33H37FN2S. The van der Waals surface area contributed by atoms with E-state index in [9.17, 15) is 4.39 Å². The van der Waals surface area contributed by atoms with Gasteiger partial charge in [-0.2, -0.15) is 0 Å². The SMILES string of the molecule is C=CN/C(C=C(C)C)=C(C=C)\C=C(\c1nc(-c2ccc(C(C)F)cc2)cs1)c1c(CC)cccc1CC. The number of allylic oxidation sites excluding steroid dienone is 5. The highest BCUT2D eigenvalue weighted by Gasteiger charge is 2.18. The highest BCUT2D eigenvalue weighted by molar-refractivity contribution is 7.11. The fraction of sp³-hybridized carbons (Fsp3) is 0.242. The molecule has 192 valence electrons. The number of thiazole rings is 1. The lowest BCUT2D eigenvalue weighted by Crippen LogP contribution is -2.06. The third kappa shape index (κ3) is 6.84. The standard InChI is InChI=1S/C33H37FN2S/c1-8-24-13-12-14-25(9-2)32(24)29(20-26(10-3)30(35-11-4)19-22(5)6)33-36-31(21-37-33)28-17-15-27(16-18-28)23(7)34/h10-21,23,35H,3-4,8-9H2,1-2,5-7H3/b29-20+,30-26-. The summed E-state index contributed by atoms with van der Waals surface area (Å²) in [7, 11) is 0. The number of halogens is 1. The summed E-state index contributed by atoms with van der Waals surface area (Å²) >= 11 is 1.62. The van der Waals surface area contributed by atoms with Crippen LogP contribution in [0.1, 0.15) is 68.1 Å². The van der Waals surface area contributed by atoms with Gasteiger partial charge < -0.3 is 5.32 Å². The van der Waals surface area contributed by atoms with Crippen LogP contribution >= 0.6 is 11.3 Å². The van der Waals surface area contributed by atoms with Crippen LogP contribution in [0.25, 0.3) is 16.8 Å². The van der Waals surface area contributed by atoms with Crippen LogP contribution < -0.4 is 5.32 Å². The number of nitrogens with zero attached hydrogens (tertiary/aromatic N) is 1. The van der Waals surface area contributed by atoms with Crippen molar-refractivity contribution in [3.8, 4) is 11.3 Å². The van der Waals surface area contributed by atoms with Crippen LogP contribution in [-0.4, -0.2) is 4.98 Å². The second-order valence-electron chi connectivity index (χ2n) is 9.14. The molecule has 2 nitrogen and oxygen atoms in total. The second-order valence-corrected chi connectivity index (χ2v) is 9.99. The Kier molecular flexibility index (Phi) is 9.99. The van der Waals surface area contributed by atoms with Crippen LogP contribution in [0.2, 0.25) is 0 Å². The lowest BCUT2D eigenvalue weighted by atomic mass is 9.90. The van der Waals surface area contributed by atoms with E-state index < -0.39 is 6.17 Å². The fourth-order valence-corrected chi connectivity index (χ4v) is 5.14. The van der Waals surface area contributed by atoms with Gasteiger partial charge in [-0.3, -0.25) is 0 Å². The molecule has 3 aromatic rings. The normalized spacial score (nSPS) is 13.0. The van der Waals surface area contributed by atoms with E-state index in [4.69, 9.17) is 4.98 Å². The van der Waals surface area contributed by atoms with E-state index in [1.165, 1.54) is 22.3 Å². The molecule has 0 bridgehead atoms. The van der Waals surface area contributed by atoms with E-state index in [-0.39, 0.29) is 0 Å². The minimum Gasteiger partial charge on any atom is -0.362 e. The van der Waals surface area contributed by atoms with Crippen molar-refractivity contribution in [2.24, 2.45) is 0 Å². The molecule has 4 heteroatoms. The summed E-state index contributed by atoms with van der Waals surface area (Å²) in [5.41, 5.74) is 10.5. The van der Waals surface area contributed by atoms with Gasteiger partial charge in [-0.1, -0.05) is 81.1 Å². The first kappa shape index (κ1) is 28.1. The molecule has 1 aromatic heterocycles. The lowest BCUT2D eigenvalue weighted by Gasteiger charge is -2.17. The molecule has 1 atom stereocenters. The molecule has 0 saturated heterocycles. The third-order valence-electron chi connectivity index (χ3n) is 6.19. The Bertz CT molecular complexity index is 1310. The van der Waals surface area contributed by atoms with Crippen LogP contribution in [0.4, 0.5) is 4.39 Å². The van der Waals surface area contributed by atoms with Crippen LogP contribution in [0.5, 0.6) is 0 Å². The zero-order valence-electron chi connectivity index (χ0n) is 22.6. The maximum Gasteiger partial charge on any atom is 0.124 e. The van der Waals surface area contributed by atoms with E-state index in [0.29, 0.717) is 5.56 Å². The Morgan fingerprint density at radius 3 is 2.19 bits per heavy atom. The van der Waals surface area contributed by atoms with Crippen LogP contribution in [0.3, 0.4) is 0 Å². The Balaban J connectivity index is 2.28. The second kappa shape index (κ2) is 13.2. The number of benzene rings is 2. The van der Waals surface area contributed by atoms with Gasteiger partial charge in [0.25, 0.3) is 0 Å². The summed E-state index contributed by atoms with van der Waals surface area (Å²) in [6.07, 6.45) is 8.68. The summed E-state index contributed by atoms with van der Waals surface area (Å²) in [5, 5.41) is 6.29. The zero-order valence-corrected chi connectivity index (χ0v) is 23.4. The quantitative estimate of drug-likeness (QED) is 0.259. The maximum atomic E-state index is 13.7. The first-order chi connectivity index (χ1) is 17.8. The van der Waals surface area contributed by atoms with Crippen molar-refractivity contribution in [2.45, 2.75) is 53.6 Å². The molecule has 0 radical (unpaired) electrons. The molecule has 2 aromatic carbocycles. The lowest BCUT2D eigenvalue weighted by molar-refractivity contribution is 0.374. The summed E-state index contributed by atoms with van der Waals surface area (Å²) in [6, 6.07) is 14.1. The number of hydrogen-bond donors (Lipinski definition) is 1. The summed E-state index contributed by atoms with van der Waals surface area (Å²) < 4.78 is 13.7. The summed E-state index contributed by atoms with van der Waals surface area (Å²) in [4.78, 5) is 5.08. The molecule has 37 heavy (non-hydrogen) atoms. The Labute approximate surface area is 225 Å². The molecule has 1 N–H and O–H groups in total. The van der Waals surface area contributed by atoms with Gasteiger partial charge in [0.2, 0.25) is 0 Å². The van der Waals surface area contributed by atoms with E-state index in [1.54, 1.807) is 24.5 Å². The molecule has 0 amide bonds.